The van der Waals surface area contributed by atoms with Crippen molar-refractivity contribution >= 4 is 90.3 Å². The van der Waals surface area contributed by atoms with Gasteiger partial charge in [0.2, 0.25) is 11.9 Å². The molecule has 0 radical (unpaired) electrons. The summed E-state index contributed by atoms with van der Waals surface area (Å²) in [5, 5.41) is 20.9. The third-order valence-electron chi connectivity index (χ3n) is 6.87. The Morgan fingerprint density at radius 1 is 0.793 bits per heavy atom. The molecule has 2 N–H and O–H groups in total. The Balaban J connectivity index is 0.00000812. The first-order valence-electron chi connectivity index (χ1n) is 14.1. The summed E-state index contributed by atoms with van der Waals surface area (Å²) < 4.78 is 182. The molecule has 0 aliphatic heterocycles. The van der Waals surface area contributed by atoms with Gasteiger partial charge in [0.25, 0.3) is 0 Å². The van der Waals surface area contributed by atoms with Crippen LogP contribution in [0, 0.1) is 13.0 Å². The van der Waals surface area contributed by atoms with Crippen molar-refractivity contribution in [2.45, 2.75) is 21.6 Å². The van der Waals surface area contributed by atoms with Crippen molar-refractivity contribution in [2.24, 2.45) is 10.2 Å². The Bertz CT molecular complexity index is 2770. The molecule has 3 aromatic carbocycles. The molecule has 0 saturated carbocycles. The molecule has 294 valence electrons. The molecule has 4 rings (SSSR count). The van der Waals surface area contributed by atoms with Gasteiger partial charge in [0.05, 0.1) is 44.2 Å². The van der Waals surface area contributed by atoms with Crippen molar-refractivity contribution in [1.29, 1.82) is 0 Å². The number of hydrogen-bond donors (Lipinski definition) is 2. The van der Waals surface area contributed by atoms with E-state index < -0.39 is 141 Å². The van der Waals surface area contributed by atoms with Gasteiger partial charge in [0.15, 0.2) is 9.84 Å². The predicted octanol–water partition coefficient (Wildman–Crippen LogP) is -11.9. The minimum atomic E-state index is -5.76. The van der Waals surface area contributed by atoms with Crippen LogP contribution in [0.4, 0.5) is 33.3 Å². The fourth-order valence-corrected chi connectivity index (χ4v) is 8.12. The van der Waals surface area contributed by atoms with E-state index in [4.69, 9.17) is 4.55 Å². The summed E-state index contributed by atoms with van der Waals surface area (Å²) in [6.07, 6.45) is -1.52. The van der Waals surface area contributed by atoms with Crippen LogP contribution >= 0.6 is 0 Å². The van der Waals surface area contributed by atoms with Crippen LogP contribution in [0.15, 0.2) is 61.3 Å². The quantitative estimate of drug-likeness (QED) is 0.0635. The Labute approximate surface area is 419 Å². The van der Waals surface area contributed by atoms with Crippen LogP contribution in [0.3, 0.4) is 0 Å². The van der Waals surface area contributed by atoms with E-state index in [1.807, 2.05) is 0 Å². The van der Waals surface area contributed by atoms with Crippen LogP contribution in [-0.4, -0.2) is 107 Å². The largest absolute Gasteiger partial charge is 1.00 e. The molecular weight excluding hydrogens is 926 g/mol. The molecule has 0 atom stereocenters. The fourth-order valence-electron chi connectivity index (χ4n) is 4.47. The molecule has 23 nitrogen and oxygen atoms in total. The van der Waals surface area contributed by atoms with Gasteiger partial charge < -0.3 is 29.0 Å². The van der Waals surface area contributed by atoms with E-state index in [1.165, 1.54) is 20.0 Å². The summed E-state index contributed by atoms with van der Waals surface area (Å²) in [5.74, 6) is -4.43. The number of halogens is 1. The van der Waals surface area contributed by atoms with Crippen LogP contribution in [0.25, 0.3) is 10.8 Å². The molecule has 0 aliphatic rings. The molecular formula is C25H22FN7Na4O16S5. The van der Waals surface area contributed by atoms with Gasteiger partial charge in [-0.1, -0.05) is 17.9 Å². The minimum absolute atomic E-state index is 0. The summed E-state index contributed by atoms with van der Waals surface area (Å²) in [5.41, 5.74) is -2.41. The summed E-state index contributed by atoms with van der Waals surface area (Å²) in [4.78, 5) is 7.71. The Morgan fingerprint density at radius 2 is 1.40 bits per heavy atom. The standard InChI is InChI=1S/C25H26FN7O16S5.4Na/c1-13-3-5-16(18(11-13)51(37,38)39)31-32-20-19(52(40,41)42)12-15-14(21(20)34)4-6-17(22(15)53(43,44)45)27-24-28-23(26)29-25(30-24)33(2)7-9-50(35,36)10-8-49-54(46,47)48;;;;/h3-6,11-12,34H,7-10H2,1-2H3,(H,37,38,39)(H,40,41,42)(H,43,44,45)(H,46,47,48)(H,27,28,29,30);;;;/q;4*+1/p-4. The van der Waals surface area contributed by atoms with Gasteiger partial charge >= 0.3 is 135 Å². The summed E-state index contributed by atoms with van der Waals surface area (Å²) in [6.45, 7) is 0.0525. The number of benzene rings is 3. The van der Waals surface area contributed by atoms with Gasteiger partial charge in [-0.25, -0.2) is 37.9 Å². The summed E-state index contributed by atoms with van der Waals surface area (Å²) in [7, 11) is -24.4. The van der Waals surface area contributed by atoms with E-state index in [2.05, 4.69) is 34.7 Å². The molecule has 33 heteroatoms. The van der Waals surface area contributed by atoms with E-state index in [0.717, 1.165) is 29.2 Å². The zero-order chi connectivity index (χ0) is 40.6. The van der Waals surface area contributed by atoms with E-state index >= 15 is 0 Å². The van der Waals surface area contributed by atoms with Crippen LogP contribution < -0.4 is 134 Å². The number of rotatable bonds is 15. The second kappa shape index (κ2) is 22.2. The number of fused-ring (bicyclic) bond motifs is 1. The number of anilines is 3. The van der Waals surface area contributed by atoms with Crippen LogP contribution in [0.5, 0.6) is 5.75 Å². The van der Waals surface area contributed by atoms with Crippen molar-refractivity contribution in [3.63, 3.8) is 0 Å². The summed E-state index contributed by atoms with van der Waals surface area (Å²) >= 11 is 0. The molecule has 0 unspecified atom stereocenters. The number of nitrogens with zero attached hydrogens (tertiary/aromatic N) is 6. The van der Waals surface area contributed by atoms with Crippen LogP contribution in [-0.2, 0) is 54.8 Å². The SMILES string of the molecule is Cc1ccc(N=Nc2c(S(=O)(=O)[O-])cc3c(S(=O)(=O)[O-])c(Nc4nc(F)nc(N(C)CCS(=O)(=O)CCOS(=O)(=O)O)n4)ccc3c2[O-])c(S(=O)(=O)[O-])c1.[Na+].[Na+].[Na+].[Na+]. The van der Waals surface area contributed by atoms with E-state index in [1.54, 1.807) is 0 Å². The van der Waals surface area contributed by atoms with E-state index in [0.29, 0.717) is 6.07 Å². The first-order chi connectivity index (χ1) is 24.7. The third-order valence-corrected chi connectivity index (χ3v) is 11.6. The second-order valence-electron chi connectivity index (χ2n) is 10.8. The molecule has 0 spiro atoms. The predicted molar refractivity (Wildman–Crippen MR) is 175 cm³/mol. The number of hydrogen-bond acceptors (Lipinski definition) is 22. The molecule has 0 aliphatic carbocycles. The number of aryl methyl sites for hydroxylation is 1. The topological polar surface area (TPSA) is 371 Å². The maximum atomic E-state index is 14.5. The Hall–Kier alpha value is -0.590. The Morgan fingerprint density at radius 3 is 1.95 bits per heavy atom. The zero-order valence-electron chi connectivity index (χ0n) is 31.0. The monoisotopic (exact) mass is 947 g/mol. The average molecular weight is 948 g/mol. The third kappa shape index (κ3) is 15.6. The summed E-state index contributed by atoms with van der Waals surface area (Å²) in [6, 6.07) is 5.08. The maximum Gasteiger partial charge on any atom is 1.00 e. The molecule has 1 aromatic heterocycles. The molecule has 58 heavy (non-hydrogen) atoms. The number of azo groups is 1. The van der Waals surface area contributed by atoms with E-state index in [9.17, 15) is 65.2 Å². The van der Waals surface area contributed by atoms with Crippen molar-refractivity contribution < 1.29 is 192 Å². The maximum absolute atomic E-state index is 14.5. The second-order valence-corrected chi connectivity index (χ2v) is 18.2. The number of sulfone groups is 1. The molecule has 1 heterocycles. The van der Waals surface area contributed by atoms with E-state index in [-0.39, 0.29) is 124 Å². The van der Waals surface area contributed by atoms with Crippen LogP contribution in [0.1, 0.15) is 5.56 Å². The fraction of sp³-hybridized carbons (Fsp3) is 0.240. The first kappa shape index (κ1) is 57.4. The van der Waals surface area contributed by atoms with Gasteiger partial charge in [-0.3, -0.25) is 4.55 Å². The molecule has 0 fully saturated rings. The number of nitrogens with one attached hydrogen (secondary N) is 1. The normalized spacial score (nSPS) is 12.2. The van der Waals surface area contributed by atoms with Crippen molar-refractivity contribution in [1.82, 2.24) is 15.0 Å². The zero-order valence-corrected chi connectivity index (χ0v) is 43.0. The van der Waals surface area contributed by atoms with Gasteiger partial charge in [0.1, 0.15) is 36.0 Å². The average Bonchev–Trinajstić information content (AvgIpc) is 3.01. The number of aromatic nitrogens is 3. The minimum Gasteiger partial charge on any atom is -0.871 e. The van der Waals surface area contributed by atoms with Gasteiger partial charge in [-0.05, 0) is 42.1 Å². The van der Waals surface area contributed by atoms with Gasteiger partial charge in [-0.2, -0.15) is 27.8 Å². The first-order valence-corrected chi connectivity index (χ1v) is 21.5. The van der Waals surface area contributed by atoms with Crippen LogP contribution in [0.2, 0.25) is 0 Å². The smallest absolute Gasteiger partial charge is 0.871 e. The van der Waals surface area contributed by atoms with Crippen molar-refractivity contribution in [2.75, 3.05) is 41.9 Å². The van der Waals surface area contributed by atoms with Crippen molar-refractivity contribution in [3.8, 4) is 5.75 Å². The van der Waals surface area contributed by atoms with Crippen molar-refractivity contribution in [3.05, 3.63) is 48.0 Å². The molecule has 0 saturated heterocycles. The Kier molecular flexibility index (Phi) is 21.9. The molecule has 0 bridgehead atoms. The molecule has 0 amide bonds. The van der Waals surface area contributed by atoms with Gasteiger partial charge in [0, 0.05) is 19.0 Å². The molecule has 4 aromatic rings. The van der Waals surface area contributed by atoms with Gasteiger partial charge in [-0.15, -0.1) is 10.2 Å².